The lowest BCUT2D eigenvalue weighted by Gasteiger charge is -2.01. The van der Waals surface area contributed by atoms with Gasteiger partial charge in [0.1, 0.15) is 0 Å². The summed E-state index contributed by atoms with van der Waals surface area (Å²) >= 11 is 6.83. The molecule has 0 saturated heterocycles. The molecule has 1 rings (SSSR count). The summed E-state index contributed by atoms with van der Waals surface area (Å²) in [4.78, 5) is 4.13. The van der Waals surface area contributed by atoms with Crippen molar-refractivity contribution in [1.82, 2.24) is 4.98 Å². The molecule has 76 valence electrons. The molecule has 1 aromatic rings. The maximum Gasteiger partial charge on any atom is 0.0410 e. The maximum absolute atomic E-state index is 4.13. The maximum atomic E-state index is 4.13. The summed E-state index contributed by atoms with van der Waals surface area (Å²) in [5.74, 6) is 0. The average molecular weight is 319 g/mol. The van der Waals surface area contributed by atoms with Crippen LogP contribution in [0.1, 0.15) is 18.9 Å². The molecule has 0 aliphatic carbocycles. The van der Waals surface area contributed by atoms with Crippen molar-refractivity contribution in [3.8, 4) is 0 Å². The summed E-state index contributed by atoms with van der Waals surface area (Å²) < 4.78 is 1.04. The van der Waals surface area contributed by atoms with Gasteiger partial charge in [-0.2, -0.15) is 0 Å². The van der Waals surface area contributed by atoms with Gasteiger partial charge in [-0.15, -0.1) is 0 Å². The fraction of sp³-hybridized carbons (Fsp3) is 0.364. The van der Waals surface area contributed by atoms with Gasteiger partial charge in [-0.05, 0) is 47.3 Å². The van der Waals surface area contributed by atoms with E-state index in [4.69, 9.17) is 0 Å². The van der Waals surface area contributed by atoms with Gasteiger partial charge in [0.25, 0.3) is 0 Å². The van der Waals surface area contributed by atoms with Crippen LogP contribution in [-0.4, -0.2) is 10.3 Å². The summed E-state index contributed by atoms with van der Waals surface area (Å²) in [6.45, 7) is 2.16. The van der Waals surface area contributed by atoms with Crippen LogP contribution in [0.15, 0.2) is 34.6 Å². The third-order valence-corrected chi connectivity index (χ3v) is 2.74. The number of allylic oxidation sites excluding steroid dienone is 2. The van der Waals surface area contributed by atoms with Crippen molar-refractivity contribution < 1.29 is 0 Å². The highest BCUT2D eigenvalue weighted by Crippen LogP contribution is 2.13. The Bertz CT molecular complexity index is 321. The molecule has 0 amide bonds. The van der Waals surface area contributed by atoms with Gasteiger partial charge in [-0.3, -0.25) is 4.98 Å². The van der Waals surface area contributed by atoms with E-state index in [1.54, 1.807) is 6.20 Å². The van der Waals surface area contributed by atoms with Crippen molar-refractivity contribution in [2.75, 3.05) is 5.33 Å². The molecule has 1 nitrogen and oxygen atoms in total. The SMILES string of the molecule is C/C(=C/CCBr)Cc1cncc(Br)c1. The van der Waals surface area contributed by atoms with Crippen molar-refractivity contribution in [1.29, 1.82) is 0 Å². The molecule has 0 aliphatic heterocycles. The van der Waals surface area contributed by atoms with Gasteiger partial charge >= 0.3 is 0 Å². The lowest BCUT2D eigenvalue weighted by Crippen LogP contribution is -1.88. The second-order valence-corrected chi connectivity index (χ2v) is 4.92. The number of nitrogens with zero attached hydrogens (tertiary/aromatic N) is 1. The highest BCUT2D eigenvalue weighted by molar-refractivity contribution is 9.10. The number of pyridine rings is 1. The van der Waals surface area contributed by atoms with Crippen molar-refractivity contribution in [2.45, 2.75) is 19.8 Å². The minimum atomic E-state index is 0.986. The van der Waals surface area contributed by atoms with Crippen LogP contribution in [0.3, 0.4) is 0 Å². The highest BCUT2D eigenvalue weighted by Gasteiger charge is 1.96. The molecule has 14 heavy (non-hydrogen) atoms. The minimum Gasteiger partial charge on any atom is -0.263 e. The first-order valence-corrected chi connectivity index (χ1v) is 6.45. The molecule has 1 aromatic heterocycles. The summed E-state index contributed by atoms with van der Waals surface area (Å²) in [6, 6.07) is 2.11. The molecule has 0 fully saturated rings. The fourth-order valence-electron chi connectivity index (χ4n) is 1.25. The van der Waals surface area contributed by atoms with Crippen molar-refractivity contribution in [2.24, 2.45) is 0 Å². The molecule has 0 unspecified atom stereocenters. The Labute approximate surface area is 102 Å². The predicted molar refractivity (Wildman–Crippen MR) is 67.8 cm³/mol. The monoisotopic (exact) mass is 317 g/mol. The number of aromatic nitrogens is 1. The summed E-state index contributed by atoms with van der Waals surface area (Å²) in [6.07, 6.45) is 8.06. The number of rotatable bonds is 4. The Balaban J connectivity index is 2.60. The molecule has 0 spiro atoms. The topological polar surface area (TPSA) is 12.9 Å². The van der Waals surface area contributed by atoms with Crippen molar-refractivity contribution in [3.63, 3.8) is 0 Å². The zero-order valence-corrected chi connectivity index (χ0v) is 11.3. The van der Waals surface area contributed by atoms with E-state index >= 15 is 0 Å². The minimum absolute atomic E-state index is 0.986. The number of hydrogen-bond donors (Lipinski definition) is 0. The predicted octanol–water partition coefficient (Wildman–Crippen LogP) is 4.12. The number of halogens is 2. The third kappa shape index (κ3) is 4.38. The molecular formula is C11H13Br2N. The number of hydrogen-bond acceptors (Lipinski definition) is 1. The molecule has 0 saturated carbocycles. The van der Waals surface area contributed by atoms with Crippen LogP contribution >= 0.6 is 31.9 Å². The largest absolute Gasteiger partial charge is 0.263 e. The Morgan fingerprint density at radius 1 is 1.50 bits per heavy atom. The van der Waals surface area contributed by atoms with Gasteiger partial charge in [0.05, 0.1) is 0 Å². The third-order valence-electron chi connectivity index (χ3n) is 1.85. The molecular weight excluding hydrogens is 306 g/mol. The molecule has 0 aromatic carbocycles. The molecule has 3 heteroatoms. The Morgan fingerprint density at radius 3 is 2.93 bits per heavy atom. The van der Waals surface area contributed by atoms with Gasteiger partial charge in [-0.1, -0.05) is 27.6 Å². The fourth-order valence-corrected chi connectivity index (χ4v) is 1.89. The van der Waals surface area contributed by atoms with E-state index < -0.39 is 0 Å². The van der Waals surface area contributed by atoms with E-state index in [1.165, 1.54) is 11.1 Å². The lowest BCUT2D eigenvalue weighted by atomic mass is 10.1. The van der Waals surface area contributed by atoms with Gasteiger partial charge in [0.15, 0.2) is 0 Å². The lowest BCUT2D eigenvalue weighted by molar-refractivity contribution is 1.07. The van der Waals surface area contributed by atoms with Crippen LogP contribution in [0.5, 0.6) is 0 Å². The molecule has 1 heterocycles. The van der Waals surface area contributed by atoms with Crippen molar-refractivity contribution >= 4 is 31.9 Å². The van der Waals surface area contributed by atoms with Crippen LogP contribution in [-0.2, 0) is 6.42 Å². The highest BCUT2D eigenvalue weighted by atomic mass is 79.9. The summed E-state index contributed by atoms with van der Waals surface area (Å²) in [7, 11) is 0. The van der Waals surface area contributed by atoms with Crippen LogP contribution in [0, 0.1) is 0 Å². The van der Waals surface area contributed by atoms with Crippen LogP contribution in [0.2, 0.25) is 0 Å². The van der Waals surface area contributed by atoms with Gasteiger partial charge < -0.3 is 0 Å². The molecule has 0 aliphatic rings. The average Bonchev–Trinajstić information content (AvgIpc) is 2.15. The first-order valence-electron chi connectivity index (χ1n) is 4.53. The molecule has 0 N–H and O–H groups in total. The first kappa shape index (κ1) is 11.9. The molecule has 0 bridgehead atoms. The van der Waals surface area contributed by atoms with E-state index in [2.05, 4.69) is 55.9 Å². The molecule has 0 radical (unpaired) electrons. The Morgan fingerprint density at radius 2 is 2.29 bits per heavy atom. The van der Waals surface area contributed by atoms with E-state index in [-0.39, 0.29) is 0 Å². The van der Waals surface area contributed by atoms with Gasteiger partial charge in [0.2, 0.25) is 0 Å². The van der Waals surface area contributed by atoms with E-state index in [0.717, 1.165) is 22.6 Å². The van der Waals surface area contributed by atoms with Crippen LogP contribution < -0.4 is 0 Å². The first-order chi connectivity index (χ1) is 6.72. The van der Waals surface area contributed by atoms with E-state index in [1.807, 2.05) is 6.20 Å². The quantitative estimate of drug-likeness (QED) is 0.601. The zero-order valence-electron chi connectivity index (χ0n) is 8.13. The van der Waals surface area contributed by atoms with Gasteiger partial charge in [-0.25, -0.2) is 0 Å². The van der Waals surface area contributed by atoms with Crippen LogP contribution in [0.4, 0.5) is 0 Å². The van der Waals surface area contributed by atoms with E-state index in [9.17, 15) is 0 Å². The summed E-state index contributed by atoms with van der Waals surface area (Å²) in [5, 5.41) is 1.03. The standard InChI is InChI=1S/C11H13Br2N/c1-9(3-2-4-12)5-10-6-11(13)8-14-7-10/h3,6-8H,2,4-5H2,1H3/b9-3-. The van der Waals surface area contributed by atoms with Crippen LogP contribution in [0.25, 0.3) is 0 Å². The summed E-state index contributed by atoms with van der Waals surface area (Å²) in [5.41, 5.74) is 2.65. The van der Waals surface area contributed by atoms with E-state index in [0.29, 0.717) is 0 Å². The molecule has 0 atom stereocenters. The zero-order chi connectivity index (χ0) is 10.4. The Kier molecular flexibility index (Phi) is 5.41. The second kappa shape index (κ2) is 6.36. The smallest absolute Gasteiger partial charge is 0.0410 e. The Hall–Kier alpha value is -0.150. The van der Waals surface area contributed by atoms with Gasteiger partial charge in [0, 0.05) is 22.2 Å². The number of alkyl halides is 1. The van der Waals surface area contributed by atoms with Crippen molar-refractivity contribution in [3.05, 3.63) is 40.1 Å². The normalized spacial score (nSPS) is 11.8. The second-order valence-electron chi connectivity index (χ2n) is 3.22.